The van der Waals surface area contributed by atoms with Crippen LogP contribution in [0.15, 0.2) is 0 Å². The molecule has 0 amide bonds. The van der Waals surface area contributed by atoms with E-state index < -0.39 is 33.0 Å². The number of hydrogen-bond donors (Lipinski definition) is 3. The number of aliphatic hydroxyl groups excluding tert-OH is 1. The summed E-state index contributed by atoms with van der Waals surface area (Å²) in [4.78, 5) is 16.7. The van der Waals surface area contributed by atoms with Gasteiger partial charge in [-0.2, -0.15) is 0 Å². The Morgan fingerprint density at radius 2 is 2.23 bits per heavy atom. The van der Waals surface area contributed by atoms with Gasteiger partial charge in [-0.25, -0.2) is 8.96 Å². The maximum absolute atomic E-state index is 12.8. The number of halogens is 1. The molecule has 0 bridgehead atoms. The maximum atomic E-state index is 12.8. The molecule has 0 aromatic heterocycles. The standard InChI is InChI=1S/C5H10FO6P/c6-3-1-5(11-4(3)2-7)12-13(8,9)10/h3-5,7H,1-2H2,(H2,8,9,10)/t3-,4+,5+/m0/s1. The van der Waals surface area contributed by atoms with Crippen molar-refractivity contribution in [3.05, 3.63) is 0 Å². The first-order valence-electron chi connectivity index (χ1n) is 3.56. The van der Waals surface area contributed by atoms with Gasteiger partial charge in [0, 0.05) is 6.42 Å². The van der Waals surface area contributed by atoms with E-state index in [0.717, 1.165) is 0 Å². The number of rotatable bonds is 3. The molecule has 1 aliphatic rings. The molecule has 8 heteroatoms. The third kappa shape index (κ3) is 3.30. The maximum Gasteiger partial charge on any atom is 0.471 e. The normalized spacial score (nSPS) is 35.2. The van der Waals surface area contributed by atoms with Crippen molar-refractivity contribution in [1.82, 2.24) is 0 Å². The molecule has 0 aromatic rings. The summed E-state index contributed by atoms with van der Waals surface area (Å²) in [5.41, 5.74) is 0. The van der Waals surface area contributed by atoms with Crippen LogP contribution in [0.2, 0.25) is 0 Å². The van der Waals surface area contributed by atoms with Crippen molar-refractivity contribution >= 4 is 7.82 Å². The second kappa shape index (κ2) is 4.00. The highest BCUT2D eigenvalue weighted by Gasteiger charge is 2.38. The molecule has 0 aliphatic carbocycles. The summed E-state index contributed by atoms with van der Waals surface area (Å²) in [6.07, 6.45) is -4.08. The van der Waals surface area contributed by atoms with Crippen molar-refractivity contribution in [3.8, 4) is 0 Å². The highest BCUT2D eigenvalue weighted by Crippen LogP contribution is 2.41. The van der Waals surface area contributed by atoms with Gasteiger partial charge in [0.1, 0.15) is 12.3 Å². The minimum Gasteiger partial charge on any atom is -0.394 e. The Balaban J connectivity index is 2.45. The fourth-order valence-corrected chi connectivity index (χ4v) is 1.49. The molecule has 1 aliphatic heterocycles. The van der Waals surface area contributed by atoms with E-state index >= 15 is 0 Å². The van der Waals surface area contributed by atoms with Gasteiger partial charge in [0.05, 0.1) is 6.61 Å². The number of aliphatic hydroxyl groups is 1. The topological polar surface area (TPSA) is 96.2 Å². The van der Waals surface area contributed by atoms with E-state index in [1.807, 2.05) is 0 Å². The fourth-order valence-electron chi connectivity index (χ4n) is 1.05. The molecule has 1 heterocycles. The van der Waals surface area contributed by atoms with Gasteiger partial charge >= 0.3 is 7.82 Å². The summed E-state index contributed by atoms with van der Waals surface area (Å²) in [5.74, 6) is 0. The van der Waals surface area contributed by atoms with Gasteiger partial charge in [-0.05, 0) is 0 Å². The lowest BCUT2D eigenvalue weighted by molar-refractivity contribution is -0.0988. The molecule has 0 unspecified atom stereocenters. The minimum absolute atomic E-state index is 0.281. The Morgan fingerprint density at radius 3 is 2.62 bits per heavy atom. The van der Waals surface area contributed by atoms with Gasteiger partial charge < -0.3 is 19.6 Å². The van der Waals surface area contributed by atoms with Gasteiger partial charge in [-0.1, -0.05) is 0 Å². The largest absolute Gasteiger partial charge is 0.471 e. The zero-order valence-corrected chi connectivity index (χ0v) is 7.43. The third-order valence-electron chi connectivity index (χ3n) is 1.58. The SMILES string of the molecule is O=P(O)(O)O[C@@H]1C[C@H](F)[C@@H](CO)O1. The molecule has 3 atom stereocenters. The van der Waals surface area contributed by atoms with Gasteiger partial charge in [0.15, 0.2) is 6.29 Å². The van der Waals surface area contributed by atoms with Crippen LogP contribution in [-0.4, -0.2) is 40.1 Å². The van der Waals surface area contributed by atoms with Crippen molar-refractivity contribution in [2.75, 3.05) is 6.61 Å². The van der Waals surface area contributed by atoms with Crippen LogP contribution in [0.1, 0.15) is 6.42 Å². The second-order valence-electron chi connectivity index (χ2n) is 2.63. The van der Waals surface area contributed by atoms with Crippen molar-refractivity contribution in [3.63, 3.8) is 0 Å². The van der Waals surface area contributed by atoms with E-state index in [9.17, 15) is 8.96 Å². The summed E-state index contributed by atoms with van der Waals surface area (Å²) < 4.78 is 31.8. The molecule has 13 heavy (non-hydrogen) atoms. The molecule has 1 fully saturated rings. The summed E-state index contributed by atoms with van der Waals surface area (Å²) in [5, 5.41) is 8.54. The molecule has 6 nitrogen and oxygen atoms in total. The quantitative estimate of drug-likeness (QED) is 0.552. The van der Waals surface area contributed by atoms with Crippen LogP contribution in [0.25, 0.3) is 0 Å². The Hall–Kier alpha value is -0.0400. The molecule has 0 aromatic carbocycles. The van der Waals surface area contributed by atoms with Gasteiger partial charge in [-0.3, -0.25) is 4.52 Å². The number of phosphoric ester groups is 1. The predicted octanol–water partition coefficient (Wildman–Crippen LogP) is -0.459. The Morgan fingerprint density at radius 1 is 1.62 bits per heavy atom. The molecule has 1 rings (SSSR count). The Labute approximate surface area is 73.5 Å². The molecule has 0 radical (unpaired) electrons. The van der Waals surface area contributed by atoms with Crippen molar-refractivity contribution in [2.24, 2.45) is 0 Å². The predicted molar refractivity (Wildman–Crippen MR) is 38.4 cm³/mol. The second-order valence-corrected chi connectivity index (χ2v) is 3.83. The summed E-state index contributed by atoms with van der Waals surface area (Å²) >= 11 is 0. The lowest BCUT2D eigenvalue weighted by Crippen LogP contribution is -2.21. The van der Waals surface area contributed by atoms with Gasteiger partial charge in [0.25, 0.3) is 0 Å². The zero-order chi connectivity index (χ0) is 10.1. The molecule has 0 spiro atoms. The molecular formula is C5H10FO6P. The summed E-state index contributed by atoms with van der Waals surface area (Å²) in [7, 11) is -4.65. The third-order valence-corrected chi connectivity index (χ3v) is 2.09. The average molecular weight is 216 g/mol. The summed E-state index contributed by atoms with van der Waals surface area (Å²) in [6.45, 7) is -0.539. The molecule has 3 N–H and O–H groups in total. The molecular weight excluding hydrogens is 206 g/mol. The number of phosphoric acid groups is 1. The van der Waals surface area contributed by atoms with Crippen LogP contribution in [0.4, 0.5) is 4.39 Å². The molecule has 1 saturated heterocycles. The minimum atomic E-state index is -4.65. The van der Waals surface area contributed by atoms with Crippen molar-refractivity contribution in [2.45, 2.75) is 25.0 Å². The van der Waals surface area contributed by atoms with Gasteiger partial charge in [0.2, 0.25) is 0 Å². The summed E-state index contributed by atoms with van der Waals surface area (Å²) in [6, 6.07) is 0. The van der Waals surface area contributed by atoms with E-state index in [1.54, 1.807) is 0 Å². The van der Waals surface area contributed by atoms with Crippen LogP contribution < -0.4 is 0 Å². The first-order valence-corrected chi connectivity index (χ1v) is 5.10. The highest BCUT2D eigenvalue weighted by atomic mass is 31.2. The monoisotopic (exact) mass is 216 g/mol. The van der Waals surface area contributed by atoms with Crippen molar-refractivity contribution in [1.29, 1.82) is 0 Å². The van der Waals surface area contributed by atoms with E-state index in [1.165, 1.54) is 0 Å². The zero-order valence-electron chi connectivity index (χ0n) is 6.54. The van der Waals surface area contributed by atoms with E-state index in [-0.39, 0.29) is 6.42 Å². The molecule has 0 saturated carbocycles. The Kier molecular flexibility index (Phi) is 3.39. The first-order chi connectivity index (χ1) is 5.92. The van der Waals surface area contributed by atoms with Crippen LogP contribution >= 0.6 is 7.82 Å². The number of alkyl halides is 1. The van der Waals surface area contributed by atoms with E-state index in [4.69, 9.17) is 14.9 Å². The molecule has 78 valence electrons. The number of ether oxygens (including phenoxy) is 1. The van der Waals surface area contributed by atoms with Crippen LogP contribution in [0.3, 0.4) is 0 Å². The number of hydrogen-bond acceptors (Lipinski definition) is 4. The van der Waals surface area contributed by atoms with Crippen LogP contribution in [0.5, 0.6) is 0 Å². The van der Waals surface area contributed by atoms with Gasteiger partial charge in [-0.15, -0.1) is 0 Å². The first kappa shape index (κ1) is 11.0. The van der Waals surface area contributed by atoms with Crippen LogP contribution in [-0.2, 0) is 13.8 Å². The highest BCUT2D eigenvalue weighted by molar-refractivity contribution is 7.46. The lowest BCUT2D eigenvalue weighted by atomic mass is 10.2. The average Bonchev–Trinajstić information content (AvgIpc) is 2.26. The van der Waals surface area contributed by atoms with E-state index in [0.29, 0.717) is 0 Å². The van der Waals surface area contributed by atoms with E-state index in [2.05, 4.69) is 9.26 Å². The lowest BCUT2D eigenvalue weighted by Gasteiger charge is -2.12. The fraction of sp³-hybridized carbons (Fsp3) is 1.00. The van der Waals surface area contributed by atoms with Crippen molar-refractivity contribution < 1.29 is 33.1 Å². The smallest absolute Gasteiger partial charge is 0.394 e. The van der Waals surface area contributed by atoms with Crippen LogP contribution in [0, 0.1) is 0 Å². The Bertz CT molecular complexity index is 217.